The van der Waals surface area contributed by atoms with Crippen molar-refractivity contribution in [3.63, 3.8) is 0 Å². The normalized spacial score (nSPS) is 11.0. The quantitative estimate of drug-likeness (QED) is 0.548. The van der Waals surface area contributed by atoms with Gasteiger partial charge >= 0.3 is 5.69 Å². The predicted octanol–water partition coefficient (Wildman–Crippen LogP) is 0.361. The molecular weight excluding hydrogens is 362 g/mol. The zero-order valence-corrected chi connectivity index (χ0v) is 16.2. The molecule has 3 rings (SSSR count). The average molecular weight is 385 g/mol. The maximum atomic E-state index is 12.7. The molecule has 28 heavy (non-hydrogen) atoms. The fourth-order valence-electron chi connectivity index (χ4n) is 2.92. The van der Waals surface area contributed by atoms with Crippen LogP contribution < -0.4 is 16.0 Å². The molecule has 0 radical (unpaired) electrons. The van der Waals surface area contributed by atoms with E-state index in [1.807, 2.05) is 30.3 Å². The summed E-state index contributed by atoms with van der Waals surface area (Å²) in [5.41, 5.74) is -0.501. The molecule has 2 heterocycles. The van der Waals surface area contributed by atoms with E-state index in [9.17, 15) is 14.4 Å². The Hall–Kier alpha value is -3.36. The van der Waals surface area contributed by atoms with Gasteiger partial charge in [0.25, 0.3) is 5.56 Å². The number of amides is 1. The smallest absolute Gasteiger partial charge is 0.332 e. The van der Waals surface area contributed by atoms with Gasteiger partial charge in [0, 0.05) is 27.7 Å². The van der Waals surface area contributed by atoms with Gasteiger partial charge in [-0.25, -0.2) is 14.3 Å². The second kappa shape index (κ2) is 8.12. The molecule has 148 valence electrons. The van der Waals surface area contributed by atoms with Gasteiger partial charge in [-0.2, -0.15) is 0 Å². The fourth-order valence-corrected chi connectivity index (χ4v) is 2.92. The lowest BCUT2D eigenvalue weighted by atomic mass is 10.3. The molecule has 1 aromatic carbocycles. The number of fused-ring (bicyclic) bond motifs is 1. The molecule has 0 bridgehead atoms. The van der Waals surface area contributed by atoms with Crippen LogP contribution in [0.2, 0.25) is 0 Å². The van der Waals surface area contributed by atoms with Crippen LogP contribution in [-0.4, -0.2) is 49.7 Å². The highest BCUT2D eigenvalue weighted by Gasteiger charge is 2.18. The van der Waals surface area contributed by atoms with E-state index >= 15 is 0 Å². The Bertz CT molecular complexity index is 1100. The lowest BCUT2D eigenvalue weighted by Crippen LogP contribution is -2.44. The molecular formula is C19H23N5O4. The first-order valence-electron chi connectivity index (χ1n) is 8.93. The zero-order chi connectivity index (χ0) is 20.3. The molecule has 0 saturated heterocycles. The van der Waals surface area contributed by atoms with Crippen LogP contribution in [0.5, 0.6) is 5.75 Å². The SMILES string of the molecule is CN(CCCOc1ccccc1)C(=O)Cn1c(=O)c2c(ncn2C)n(C)c1=O. The lowest BCUT2D eigenvalue weighted by molar-refractivity contribution is -0.130. The zero-order valence-electron chi connectivity index (χ0n) is 16.2. The summed E-state index contributed by atoms with van der Waals surface area (Å²) in [6, 6.07) is 9.43. The summed E-state index contributed by atoms with van der Waals surface area (Å²) in [5.74, 6) is 0.455. The summed E-state index contributed by atoms with van der Waals surface area (Å²) >= 11 is 0. The van der Waals surface area contributed by atoms with Gasteiger partial charge in [0.2, 0.25) is 5.91 Å². The predicted molar refractivity (Wildman–Crippen MR) is 104 cm³/mol. The molecule has 0 fully saturated rings. The second-order valence-electron chi connectivity index (χ2n) is 6.59. The summed E-state index contributed by atoms with van der Waals surface area (Å²) in [6.07, 6.45) is 2.10. The summed E-state index contributed by atoms with van der Waals surface area (Å²) in [6.45, 7) is 0.599. The van der Waals surface area contributed by atoms with E-state index in [4.69, 9.17) is 4.74 Å². The highest BCUT2D eigenvalue weighted by molar-refractivity contribution is 5.76. The summed E-state index contributed by atoms with van der Waals surface area (Å²) in [7, 11) is 4.85. The van der Waals surface area contributed by atoms with E-state index in [0.29, 0.717) is 25.2 Å². The molecule has 9 nitrogen and oxygen atoms in total. The van der Waals surface area contributed by atoms with Crippen LogP contribution in [0.4, 0.5) is 0 Å². The van der Waals surface area contributed by atoms with Crippen LogP contribution in [0.25, 0.3) is 11.2 Å². The van der Waals surface area contributed by atoms with Crippen LogP contribution >= 0.6 is 0 Å². The largest absolute Gasteiger partial charge is 0.494 e. The van der Waals surface area contributed by atoms with E-state index in [2.05, 4.69) is 4.98 Å². The highest BCUT2D eigenvalue weighted by Crippen LogP contribution is 2.08. The monoisotopic (exact) mass is 385 g/mol. The molecule has 0 spiro atoms. The number of carbonyl (C=O) groups is 1. The van der Waals surface area contributed by atoms with Crippen LogP contribution in [0, 0.1) is 0 Å². The maximum Gasteiger partial charge on any atom is 0.332 e. The Balaban J connectivity index is 1.65. The highest BCUT2D eigenvalue weighted by atomic mass is 16.5. The van der Waals surface area contributed by atoms with Crippen molar-refractivity contribution in [2.24, 2.45) is 14.1 Å². The molecule has 0 aliphatic rings. The molecule has 2 aromatic heterocycles. The molecule has 0 aliphatic carbocycles. The third kappa shape index (κ3) is 3.83. The third-order valence-corrected chi connectivity index (χ3v) is 4.57. The molecule has 3 aromatic rings. The number of para-hydroxylation sites is 1. The minimum absolute atomic E-state index is 0.286. The van der Waals surface area contributed by atoms with Crippen LogP contribution in [0.15, 0.2) is 46.2 Å². The Kier molecular flexibility index (Phi) is 5.62. The van der Waals surface area contributed by atoms with Gasteiger partial charge < -0.3 is 14.2 Å². The van der Waals surface area contributed by atoms with Crippen molar-refractivity contribution in [2.45, 2.75) is 13.0 Å². The third-order valence-electron chi connectivity index (χ3n) is 4.57. The number of likely N-dealkylation sites (N-methyl/N-ethyl adjacent to an activating group) is 1. The van der Waals surface area contributed by atoms with E-state index in [0.717, 1.165) is 10.3 Å². The molecule has 0 N–H and O–H groups in total. The number of rotatable bonds is 7. The van der Waals surface area contributed by atoms with Crippen molar-refractivity contribution in [2.75, 3.05) is 20.2 Å². The van der Waals surface area contributed by atoms with E-state index in [1.54, 1.807) is 18.7 Å². The van der Waals surface area contributed by atoms with Gasteiger partial charge in [-0.15, -0.1) is 0 Å². The minimum atomic E-state index is -0.564. The maximum absolute atomic E-state index is 12.7. The average Bonchev–Trinajstić information content (AvgIpc) is 3.09. The first-order chi connectivity index (χ1) is 13.4. The summed E-state index contributed by atoms with van der Waals surface area (Å²) in [4.78, 5) is 43.2. The van der Waals surface area contributed by atoms with E-state index in [1.165, 1.54) is 22.8 Å². The van der Waals surface area contributed by atoms with Gasteiger partial charge in [-0.05, 0) is 18.6 Å². The number of aromatic nitrogens is 4. The van der Waals surface area contributed by atoms with Gasteiger partial charge in [0.1, 0.15) is 12.3 Å². The van der Waals surface area contributed by atoms with Crippen molar-refractivity contribution < 1.29 is 9.53 Å². The fraction of sp³-hybridized carbons (Fsp3) is 0.368. The van der Waals surface area contributed by atoms with Gasteiger partial charge in [0.05, 0.1) is 12.9 Å². The standard InChI is InChI=1S/C19H23N5O4/c1-21(10-7-11-28-14-8-5-4-6-9-14)15(25)12-24-18(26)16-17(20-13-22(16)2)23(3)19(24)27/h4-6,8-9,13H,7,10-12H2,1-3H3. The van der Waals surface area contributed by atoms with Crippen molar-refractivity contribution in [1.29, 1.82) is 0 Å². The summed E-state index contributed by atoms with van der Waals surface area (Å²) in [5, 5.41) is 0. The topological polar surface area (TPSA) is 91.4 Å². The second-order valence-corrected chi connectivity index (χ2v) is 6.59. The van der Waals surface area contributed by atoms with Gasteiger partial charge in [0.15, 0.2) is 11.2 Å². The van der Waals surface area contributed by atoms with Crippen molar-refractivity contribution in [3.05, 3.63) is 57.5 Å². The van der Waals surface area contributed by atoms with Crippen LogP contribution in [0.3, 0.4) is 0 Å². The number of imidazole rings is 1. The van der Waals surface area contributed by atoms with Gasteiger partial charge in [-0.1, -0.05) is 18.2 Å². The van der Waals surface area contributed by atoms with Crippen molar-refractivity contribution in [3.8, 4) is 5.75 Å². The lowest BCUT2D eigenvalue weighted by Gasteiger charge is -2.18. The number of aryl methyl sites for hydroxylation is 2. The number of benzene rings is 1. The summed E-state index contributed by atoms with van der Waals surface area (Å²) < 4.78 is 9.37. The van der Waals surface area contributed by atoms with E-state index < -0.39 is 11.2 Å². The minimum Gasteiger partial charge on any atom is -0.494 e. The van der Waals surface area contributed by atoms with Crippen LogP contribution in [0.1, 0.15) is 6.42 Å². The number of nitrogens with zero attached hydrogens (tertiary/aromatic N) is 5. The molecule has 0 aliphatic heterocycles. The first kappa shape index (κ1) is 19.4. The van der Waals surface area contributed by atoms with Crippen molar-refractivity contribution in [1.82, 2.24) is 23.6 Å². The Morgan fingerprint density at radius 3 is 2.61 bits per heavy atom. The molecule has 1 amide bonds. The number of carbonyl (C=O) groups excluding carboxylic acids is 1. The first-order valence-corrected chi connectivity index (χ1v) is 8.93. The Labute approximate surface area is 161 Å². The van der Waals surface area contributed by atoms with E-state index in [-0.39, 0.29) is 18.0 Å². The van der Waals surface area contributed by atoms with Crippen LogP contribution in [-0.2, 0) is 25.4 Å². The number of hydrogen-bond donors (Lipinski definition) is 0. The Morgan fingerprint density at radius 1 is 1.18 bits per heavy atom. The number of ether oxygens (including phenoxy) is 1. The molecule has 0 saturated carbocycles. The van der Waals surface area contributed by atoms with Gasteiger partial charge in [-0.3, -0.25) is 14.2 Å². The Morgan fingerprint density at radius 2 is 1.89 bits per heavy atom. The van der Waals surface area contributed by atoms with Crippen molar-refractivity contribution >= 4 is 17.1 Å². The molecule has 9 heteroatoms. The molecule has 0 atom stereocenters. The molecule has 0 unspecified atom stereocenters. The number of hydrogen-bond acceptors (Lipinski definition) is 5.